The van der Waals surface area contributed by atoms with Gasteiger partial charge in [-0.05, 0) is 49.6 Å². The Bertz CT molecular complexity index is 905. The van der Waals surface area contributed by atoms with E-state index in [0.29, 0.717) is 29.6 Å². The first-order valence-corrected chi connectivity index (χ1v) is 12.6. The van der Waals surface area contributed by atoms with Crippen molar-refractivity contribution in [3.8, 4) is 0 Å². The standard InChI is InChI=1S/C18H22ClFN2O3S3/c1-3-22(12-13-8-9-17(19)27-13)18(23)15(10-11-26-2)21-28(24,25)16-7-5-4-6-14(16)20/h4-9,15,21H,3,10-12H2,1-2H3. The molecule has 28 heavy (non-hydrogen) atoms. The molecule has 1 N–H and O–H groups in total. The molecule has 2 aromatic rings. The molecule has 0 fully saturated rings. The van der Waals surface area contributed by atoms with E-state index in [1.807, 2.05) is 19.2 Å². The van der Waals surface area contributed by atoms with E-state index >= 15 is 0 Å². The molecule has 1 heterocycles. The van der Waals surface area contributed by atoms with Crippen LogP contribution < -0.4 is 4.72 Å². The lowest BCUT2D eigenvalue weighted by Gasteiger charge is -2.26. The van der Waals surface area contributed by atoms with E-state index in [9.17, 15) is 17.6 Å². The summed E-state index contributed by atoms with van der Waals surface area (Å²) in [6, 6.07) is 7.72. The highest BCUT2D eigenvalue weighted by atomic mass is 35.5. The van der Waals surface area contributed by atoms with E-state index in [4.69, 9.17) is 11.6 Å². The molecule has 0 aliphatic heterocycles. The molecule has 1 unspecified atom stereocenters. The van der Waals surface area contributed by atoms with Crippen molar-refractivity contribution in [1.29, 1.82) is 0 Å². The maximum absolute atomic E-state index is 14.0. The Morgan fingerprint density at radius 1 is 1.32 bits per heavy atom. The molecule has 10 heteroatoms. The molecule has 0 aliphatic rings. The number of carbonyl (C=O) groups is 1. The first-order valence-electron chi connectivity index (χ1n) is 8.57. The predicted octanol–water partition coefficient (Wildman–Crippen LogP) is 3.99. The van der Waals surface area contributed by atoms with Crippen LogP contribution in [0.15, 0.2) is 41.3 Å². The average molecular weight is 465 g/mol. The lowest BCUT2D eigenvalue weighted by atomic mass is 10.2. The molecule has 0 radical (unpaired) electrons. The van der Waals surface area contributed by atoms with Gasteiger partial charge in [0.15, 0.2) is 0 Å². The number of hydrogen-bond donors (Lipinski definition) is 1. The van der Waals surface area contributed by atoms with E-state index in [-0.39, 0.29) is 5.91 Å². The first kappa shape index (κ1) is 23.2. The number of likely N-dealkylation sites (N-methyl/N-ethyl adjacent to an activating group) is 1. The molecule has 154 valence electrons. The summed E-state index contributed by atoms with van der Waals surface area (Å²) >= 11 is 8.83. The van der Waals surface area contributed by atoms with Crippen LogP contribution in [0.4, 0.5) is 4.39 Å². The Morgan fingerprint density at radius 3 is 2.61 bits per heavy atom. The number of carbonyl (C=O) groups excluding carboxylic acids is 1. The third-order valence-electron chi connectivity index (χ3n) is 4.00. The second kappa shape index (κ2) is 10.6. The van der Waals surface area contributed by atoms with Crippen molar-refractivity contribution in [2.75, 3.05) is 18.6 Å². The normalized spacial score (nSPS) is 12.7. The second-order valence-corrected chi connectivity index (χ2v) is 10.4. The minimum Gasteiger partial charge on any atom is -0.336 e. The molecule has 0 aliphatic carbocycles. The zero-order valence-corrected chi connectivity index (χ0v) is 18.7. The summed E-state index contributed by atoms with van der Waals surface area (Å²) in [4.78, 5) is 15.1. The van der Waals surface area contributed by atoms with Crippen LogP contribution in [0.5, 0.6) is 0 Å². The van der Waals surface area contributed by atoms with Crippen LogP contribution in [0.25, 0.3) is 0 Å². The highest BCUT2D eigenvalue weighted by Gasteiger charge is 2.30. The maximum atomic E-state index is 14.0. The highest BCUT2D eigenvalue weighted by molar-refractivity contribution is 7.98. The van der Waals surface area contributed by atoms with Gasteiger partial charge in [0.25, 0.3) is 0 Å². The van der Waals surface area contributed by atoms with Gasteiger partial charge in [-0.1, -0.05) is 23.7 Å². The molecular formula is C18H22ClFN2O3S3. The van der Waals surface area contributed by atoms with Crippen molar-refractivity contribution >= 4 is 50.6 Å². The monoisotopic (exact) mass is 464 g/mol. The molecule has 1 atom stereocenters. The summed E-state index contributed by atoms with van der Waals surface area (Å²) in [5.74, 6) is -0.619. The number of benzene rings is 1. The Balaban J connectivity index is 2.23. The van der Waals surface area contributed by atoms with E-state index in [2.05, 4.69) is 4.72 Å². The minimum atomic E-state index is -4.18. The summed E-state index contributed by atoms with van der Waals surface area (Å²) in [6.07, 6.45) is 2.17. The molecule has 1 aromatic carbocycles. The van der Waals surface area contributed by atoms with Crippen LogP contribution >= 0.6 is 34.7 Å². The van der Waals surface area contributed by atoms with Crippen molar-refractivity contribution in [1.82, 2.24) is 9.62 Å². The molecule has 1 aromatic heterocycles. The number of halogens is 2. The third kappa shape index (κ3) is 6.18. The first-order chi connectivity index (χ1) is 13.3. The van der Waals surface area contributed by atoms with Crippen molar-refractivity contribution in [2.45, 2.75) is 30.8 Å². The second-order valence-electron chi connectivity index (χ2n) is 5.94. The Kier molecular flexibility index (Phi) is 8.76. The number of thioether (sulfide) groups is 1. The van der Waals surface area contributed by atoms with Crippen LogP contribution in [0.1, 0.15) is 18.2 Å². The zero-order chi connectivity index (χ0) is 20.7. The van der Waals surface area contributed by atoms with Crippen LogP contribution in [0.3, 0.4) is 0 Å². The largest absolute Gasteiger partial charge is 0.336 e. The maximum Gasteiger partial charge on any atom is 0.244 e. The van der Waals surface area contributed by atoms with E-state index < -0.39 is 26.8 Å². The number of hydrogen-bond acceptors (Lipinski definition) is 5. The molecule has 1 amide bonds. The number of rotatable bonds is 10. The fourth-order valence-corrected chi connectivity index (χ4v) is 5.45. The van der Waals surface area contributed by atoms with Crippen LogP contribution in [-0.4, -0.2) is 43.8 Å². The van der Waals surface area contributed by atoms with E-state index in [1.165, 1.54) is 41.3 Å². The number of amides is 1. The number of nitrogens with zero attached hydrogens (tertiary/aromatic N) is 1. The quantitative estimate of drug-likeness (QED) is 0.577. The van der Waals surface area contributed by atoms with Gasteiger partial charge < -0.3 is 4.90 Å². The van der Waals surface area contributed by atoms with Gasteiger partial charge in [0.05, 0.1) is 10.9 Å². The molecule has 2 rings (SSSR count). The van der Waals surface area contributed by atoms with Crippen molar-refractivity contribution in [3.05, 3.63) is 51.4 Å². The summed E-state index contributed by atoms with van der Waals surface area (Å²) in [5, 5.41) is 0. The van der Waals surface area contributed by atoms with Crippen molar-refractivity contribution in [2.24, 2.45) is 0 Å². The Morgan fingerprint density at radius 2 is 2.04 bits per heavy atom. The lowest BCUT2D eigenvalue weighted by Crippen LogP contribution is -2.48. The van der Waals surface area contributed by atoms with Crippen LogP contribution in [0, 0.1) is 5.82 Å². The molecule has 0 saturated heterocycles. The zero-order valence-electron chi connectivity index (χ0n) is 15.5. The highest BCUT2D eigenvalue weighted by Crippen LogP contribution is 2.23. The van der Waals surface area contributed by atoms with Gasteiger partial charge >= 0.3 is 0 Å². The lowest BCUT2D eigenvalue weighted by molar-refractivity contribution is -0.133. The number of sulfonamides is 1. The number of thiophene rings is 1. The van der Waals surface area contributed by atoms with Crippen molar-refractivity contribution < 1.29 is 17.6 Å². The van der Waals surface area contributed by atoms with Crippen LogP contribution in [-0.2, 0) is 21.4 Å². The fourth-order valence-electron chi connectivity index (χ4n) is 2.57. The van der Waals surface area contributed by atoms with Gasteiger partial charge in [0.2, 0.25) is 15.9 Å². The van der Waals surface area contributed by atoms with Gasteiger partial charge in [-0.2, -0.15) is 16.5 Å². The summed E-state index contributed by atoms with van der Waals surface area (Å²) in [6.45, 7) is 2.57. The summed E-state index contributed by atoms with van der Waals surface area (Å²) in [7, 11) is -4.18. The molecule has 0 spiro atoms. The van der Waals surface area contributed by atoms with Gasteiger partial charge in [-0.3, -0.25) is 4.79 Å². The van der Waals surface area contributed by atoms with E-state index in [0.717, 1.165) is 10.9 Å². The fraction of sp³-hybridized carbons (Fsp3) is 0.389. The van der Waals surface area contributed by atoms with Gasteiger partial charge in [-0.25, -0.2) is 12.8 Å². The molecular weight excluding hydrogens is 443 g/mol. The predicted molar refractivity (Wildman–Crippen MR) is 114 cm³/mol. The third-order valence-corrected chi connectivity index (χ3v) is 7.37. The minimum absolute atomic E-state index is 0.301. The molecule has 0 bridgehead atoms. The molecule has 5 nitrogen and oxygen atoms in total. The Hall–Kier alpha value is -1.13. The summed E-state index contributed by atoms with van der Waals surface area (Å²) in [5.41, 5.74) is 0. The van der Waals surface area contributed by atoms with Crippen LogP contribution in [0.2, 0.25) is 4.34 Å². The van der Waals surface area contributed by atoms with E-state index in [1.54, 1.807) is 11.0 Å². The van der Waals surface area contributed by atoms with Gasteiger partial charge in [-0.15, -0.1) is 11.3 Å². The Labute approximate surface area is 178 Å². The number of nitrogens with one attached hydrogen (secondary N) is 1. The topological polar surface area (TPSA) is 66.5 Å². The SMILES string of the molecule is CCN(Cc1ccc(Cl)s1)C(=O)C(CCSC)NS(=O)(=O)c1ccccc1F. The summed E-state index contributed by atoms with van der Waals surface area (Å²) < 4.78 is 42.3. The average Bonchev–Trinajstić information content (AvgIpc) is 3.07. The smallest absolute Gasteiger partial charge is 0.244 e. The molecule has 0 saturated carbocycles. The van der Waals surface area contributed by atoms with Gasteiger partial charge in [0.1, 0.15) is 16.8 Å². The van der Waals surface area contributed by atoms with Crippen molar-refractivity contribution in [3.63, 3.8) is 0 Å². The van der Waals surface area contributed by atoms with Gasteiger partial charge in [0, 0.05) is 11.4 Å².